The smallest absolute Gasteiger partial charge is 0.256 e. The van der Waals surface area contributed by atoms with E-state index >= 15 is 0 Å². The Hall–Kier alpha value is -4.50. The molecule has 2 heterocycles. The number of rotatable bonds is 10. The minimum absolute atomic E-state index is 0.00340. The van der Waals surface area contributed by atoms with Crippen molar-refractivity contribution in [3.63, 3.8) is 0 Å². The minimum atomic E-state index is -0.550. The van der Waals surface area contributed by atoms with Crippen molar-refractivity contribution < 1.29 is 19.0 Å². The van der Waals surface area contributed by atoms with Gasteiger partial charge in [-0.2, -0.15) is 0 Å². The average molecular weight is 641 g/mol. The van der Waals surface area contributed by atoms with E-state index in [9.17, 15) is 5.11 Å². The molecule has 236 valence electrons. The first-order valence-corrected chi connectivity index (χ1v) is 16.8. The molecule has 1 fully saturated rings. The topological polar surface area (TPSA) is 90.7 Å². The molecule has 1 aromatic heterocycles. The predicted molar refractivity (Wildman–Crippen MR) is 186 cm³/mol. The fourth-order valence-electron chi connectivity index (χ4n) is 5.84. The summed E-state index contributed by atoms with van der Waals surface area (Å²) >= 11 is 1.55. The molecule has 0 amide bonds. The summed E-state index contributed by atoms with van der Waals surface area (Å²) in [5.74, 6) is 1.39. The summed E-state index contributed by atoms with van der Waals surface area (Å²) in [5.41, 5.74) is 14.9. The zero-order valence-electron chi connectivity index (χ0n) is 25.9. The van der Waals surface area contributed by atoms with E-state index in [0.29, 0.717) is 23.9 Å². The Morgan fingerprint density at radius 1 is 0.681 bits per heavy atom. The number of aliphatic hydroxyl groups excluding tert-OH is 1. The molecule has 1 aliphatic heterocycles. The molecule has 5 aromatic carbocycles. The summed E-state index contributed by atoms with van der Waals surface area (Å²) in [6.07, 6.45) is -0.193. The second-order valence-electron chi connectivity index (χ2n) is 11.6. The second kappa shape index (κ2) is 14.5. The Balaban J connectivity index is 1.14. The van der Waals surface area contributed by atoms with Crippen molar-refractivity contribution in [2.45, 2.75) is 43.3 Å². The van der Waals surface area contributed by atoms with Gasteiger partial charge in [0.15, 0.2) is 12.1 Å². The molecule has 0 unspecified atom stereocenters. The Morgan fingerprint density at radius 3 is 2.06 bits per heavy atom. The fourth-order valence-corrected chi connectivity index (χ4v) is 6.68. The molecular formula is C40H36N2O4S. The highest BCUT2D eigenvalue weighted by Gasteiger charge is 2.33. The Labute approximate surface area is 279 Å². The van der Waals surface area contributed by atoms with Gasteiger partial charge in [0.1, 0.15) is 5.69 Å². The van der Waals surface area contributed by atoms with Crippen molar-refractivity contribution in [3.8, 4) is 33.7 Å². The summed E-state index contributed by atoms with van der Waals surface area (Å²) in [4.78, 5) is 4.94. The van der Waals surface area contributed by atoms with Gasteiger partial charge in [-0.15, -0.1) is 0 Å². The lowest BCUT2D eigenvalue weighted by atomic mass is 9.99. The number of aromatic nitrogens is 1. The lowest BCUT2D eigenvalue weighted by Crippen LogP contribution is -2.31. The van der Waals surface area contributed by atoms with Gasteiger partial charge in [-0.25, -0.2) is 4.98 Å². The molecule has 7 rings (SSSR count). The molecule has 0 aliphatic carbocycles. The van der Waals surface area contributed by atoms with Crippen LogP contribution in [0.5, 0.6) is 0 Å². The van der Waals surface area contributed by atoms with Crippen molar-refractivity contribution in [2.24, 2.45) is 5.73 Å². The summed E-state index contributed by atoms with van der Waals surface area (Å²) in [5, 5.41) is 10.2. The number of nitrogens with zero attached hydrogens (tertiary/aromatic N) is 1. The van der Waals surface area contributed by atoms with Gasteiger partial charge in [-0.05, 0) is 33.9 Å². The van der Waals surface area contributed by atoms with Crippen LogP contribution in [0.1, 0.15) is 41.1 Å². The van der Waals surface area contributed by atoms with Gasteiger partial charge < -0.3 is 24.7 Å². The maximum atomic E-state index is 9.58. The molecular weight excluding hydrogens is 605 g/mol. The Bertz CT molecular complexity index is 1840. The third kappa shape index (κ3) is 7.25. The van der Waals surface area contributed by atoms with Crippen molar-refractivity contribution in [2.75, 3.05) is 5.75 Å². The van der Waals surface area contributed by atoms with E-state index in [-0.39, 0.29) is 18.8 Å². The highest BCUT2D eigenvalue weighted by atomic mass is 32.2. The summed E-state index contributed by atoms with van der Waals surface area (Å²) < 4.78 is 19.6. The normalized spacial score (nSPS) is 17.9. The number of oxazole rings is 1. The number of aliphatic hydroxyl groups is 1. The SMILES string of the molecule is NCc1cccc(-c2ccc([C@H]3O[C@@H](CSc4nc(-c5ccccc5)c(-c5ccccc5)o4)C[C@@H](c4ccc(CO)cc4)O3)cc2)c1. The standard InChI is InChI=1S/C40H36N2O4S/c41-24-28-8-7-13-34(22-28)29-18-20-33(21-19-29)39-44-35(23-36(45-39)30-16-14-27(25-43)15-17-30)26-47-40-42-37(31-9-3-1-4-10-31)38(46-40)32-11-5-2-6-12-32/h1-22,35-36,39,43H,23-26,41H2/t35-,36+,39+/m1/s1. The zero-order valence-corrected chi connectivity index (χ0v) is 26.7. The lowest BCUT2D eigenvalue weighted by molar-refractivity contribution is -0.245. The van der Waals surface area contributed by atoms with Gasteiger partial charge in [0, 0.05) is 35.4 Å². The first kappa shape index (κ1) is 31.1. The van der Waals surface area contributed by atoms with Crippen LogP contribution in [0.25, 0.3) is 33.7 Å². The molecule has 3 N–H and O–H groups in total. The van der Waals surface area contributed by atoms with E-state index < -0.39 is 6.29 Å². The monoisotopic (exact) mass is 640 g/mol. The molecule has 0 spiro atoms. The maximum absolute atomic E-state index is 9.58. The van der Waals surface area contributed by atoms with Crippen LogP contribution in [0.2, 0.25) is 0 Å². The molecule has 6 aromatic rings. The van der Waals surface area contributed by atoms with Gasteiger partial charge in [-0.1, -0.05) is 139 Å². The zero-order chi connectivity index (χ0) is 32.0. The summed E-state index contributed by atoms with van der Waals surface area (Å²) in [6.45, 7) is 0.508. The quantitative estimate of drug-likeness (QED) is 0.145. The van der Waals surface area contributed by atoms with Crippen LogP contribution in [0.4, 0.5) is 0 Å². The second-order valence-corrected chi connectivity index (χ2v) is 12.5. The molecule has 1 saturated heterocycles. The molecule has 0 saturated carbocycles. The molecule has 47 heavy (non-hydrogen) atoms. The molecule has 6 nitrogen and oxygen atoms in total. The summed E-state index contributed by atoms with van der Waals surface area (Å²) in [6, 6.07) is 44.8. The minimum Gasteiger partial charge on any atom is -0.431 e. The van der Waals surface area contributed by atoms with Crippen LogP contribution < -0.4 is 5.73 Å². The number of benzene rings is 5. The first-order chi connectivity index (χ1) is 23.2. The van der Waals surface area contributed by atoms with Crippen LogP contribution in [0, 0.1) is 0 Å². The van der Waals surface area contributed by atoms with E-state index in [4.69, 9.17) is 24.6 Å². The molecule has 7 heteroatoms. The van der Waals surface area contributed by atoms with Crippen LogP contribution >= 0.6 is 11.8 Å². The predicted octanol–water partition coefficient (Wildman–Crippen LogP) is 8.96. The first-order valence-electron chi connectivity index (χ1n) is 15.8. The van der Waals surface area contributed by atoms with E-state index in [1.807, 2.05) is 84.9 Å². The maximum Gasteiger partial charge on any atom is 0.256 e. The Morgan fingerprint density at radius 2 is 1.36 bits per heavy atom. The number of hydrogen-bond donors (Lipinski definition) is 2. The van der Waals surface area contributed by atoms with Crippen molar-refractivity contribution in [3.05, 3.63) is 156 Å². The van der Waals surface area contributed by atoms with E-state index in [2.05, 4.69) is 48.5 Å². The average Bonchev–Trinajstić information content (AvgIpc) is 3.59. The fraction of sp³-hybridized carbons (Fsp3) is 0.175. The van der Waals surface area contributed by atoms with Crippen molar-refractivity contribution in [1.29, 1.82) is 0 Å². The van der Waals surface area contributed by atoms with Crippen LogP contribution in [0.3, 0.4) is 0 Å². The molecule has 1 aliphatic rings. The van der Waals surface area contributed by atoms with Gasteiger partial charge in [0.05, 0.1) is 18.8 Å². The van der Waals surface area contributed by atoms with E-state index in [1.54, 1.807) is 11.8 Å². The van der Waals surface area contributed by atoms with Crippen molar-refractivity contribution >= 4 is 11.8 Å². The van der Waals surface area contributed by atoms with Gasteiger partial charge >= 0.3 is 0 Å². The van der Waals surface area contributed by atoms with Gasteiger partial charge in [-0.3, -0.25) is 0 Å². The van der Waals surface area contributed by atoms with Gasteiger partial charge in [0.25, 0.3) is 5.22 Å². The van der Waals surface area contributed by atoms with Crippen LogP contribution in [-0.4, -0.2) is 21.9 Å². The van der Waals surface area contributed by atoms with Crippen LogP contribution in [0.15, 0.2) is 143 Å². The third-order valence-electron chi connectivity index (χ3n) is 8.38. The number of nitrogens with two attached hydrogens (primary N) is 1. The van der Waals surface area contributed by atoms with E-state index in [1.165, 1.54) is 0 Å². The highest BCUT2D eigenvalue weighted by molar-refractivity contribution is 7.99. The van der Waals surface area contributed by atoms with E-state index in [0.717, 1.165) is 56.0 Å². The Kier molecular flexibility index (Phi) is 9.60. The number of thioether (sulfide) groups is 1. The molecule has 0 bridgehead atoms. The number of ether oxygens (including phenoxy) is 2. The van der Waals surface area contributed by atoms with Crippen LogP contribution in [-0.2, 0) is 22.6 Å². The largest absolute Gasteiger partial charge is 0.431 e. The lowest BCUT2D eigenvalue weighted by Gasteiger charge is -2.36. The number of hydrogen-bond acceptors (Lipinski definition) is 7. The molecule has 0 radical (unpaired) electrons. The summed E-state index contributed by atoms with van der Waals surface area (Å²) in [7, 11) is 0. The molecule has 3 atom stereocenters. The van der Waals surface area contributed by atoms with Crippen molar-refractivity contribution in [1.82, 2.24) is 4.98 Å². The van der Waals surface area contributed by atoms with Gasteiger partial charge in [0.2, 0.25) is 0 Å². The third-order valence-corrected chi connectivity index (χ3v) is 9.34. The highest BCUT2D eigenvalue weighted by Crippen LogP contribution is 2.41.